The number of aliphatic hydroxyl groups excluding tert-OH is 1. The lowest BCUT2D eigenvalue weighted by Gasteiger charge is -2.36. The molecule has 3 rings (SSSR count). The van der Waals surface area contributed by atoms with Crippen molar-refractivity contribution >= 4 is 18.2 Å². The van der Waals surface area contributed by atoms with Gasteiger partial charge in [-0.2, -0.15) is 0 Å². The van der Waals surface area contributed by atoms with Crippen LogP contribution in [0.25, 0.3) is 0 Å². The molecule has 0 saturated carbocycles. The number of likely N-dealkylation sites (N-methyl/N-ethyl adjacent to an activating group) is 1. The van der Waals surface area contributed by atoms with Gasteiger partial charge >= 0.3 is 18.2 Å². The number of allylic oxidation sites excluding steroid dienone is 2. The number of piperazine rings is 1. The smallest absolute Gasteiger partial charge is 0.410 e. The maximum Gasteiger partial charge on any atom is 0.410 e. The molecule has 2 amide bonds. The molecule has 0 radical (unpaired) electrons. The molecule has 3 heterocycles. The van der Waals surface area contributed by atoms with Crippen molar-refractivity contribution in [3.8, 4) is 0 Å². The van der Waals surface area contributed by atoms with Crippen LogP contribution in [-0.2, 0) is 19.0 Å². The highest BCUT2D eigenvalue weighted by molar-refractivity contribution is 5.70. The number of hydrogen-bond donors (Lipinski definition) is 2. The summed E-state index contributed by atoms with van der Waals surface area (Å²) in [5.41, 5.74) is -0.491. The molecule has 11 nitrogen and oxygen atoms in total. The van der Waals surface area contributed by atoms with Crippen molar-refractivity contribution in [1.29, 1.82) is 0 Å². The van der Waals surface area contributed by atoms with Crippen LogP contribution >= 0.6 is 0 Å². The van der Waals surface area contributed by atoms with Crippen molar-refractivity contribution in [2.75, 3.05) is 46.4 Å². The Hall–Kier alpha value is -2.89. The van der Waals surface area contributed by atoms with E-state index in [4.69, 9.17) is 14.2 Å². The summed E-state index contributed by atoms with van der Waals surface area (Å²) in [6, 6.07) is -0.206. The lowest BCUT2D eigenvalue weighted by Crippen LogP contribution is -2.50. The predicted octanol–water partition coefficient (Wildman–Crippen LogP) is 4.53. The van der Waals surface area contributed by atoms with Crippen molar-refractivity contribution in [2.45, 2.75) is 104 Å². The minimum atomic E-state index is -1.31. The number of rotatable bonds is 7. The first kappa shape index (κ1) is 37.6. The number of nitrogens with zero attached hydrogens (tertiary/aromatic N) is 3. The van der Waals surface area contributed by atoms with Crippen LogP contribution in [0.4, 0.5) is 9.59 Å². The third-order valence-electron chi connectivity index (χ3n) is 9.39. The highest BCUT2D eigenvalue weighted by Crippen LogP contribution is 2.29. The van der Waals surface area contributed by atoms with Gasteiger partial charge in [0.15, 0.2) is 6.10 Å². The van der Waals surface area contributed by atoms with Gasteiger partial charge in [-0.05, 0) is 71.1 Å². The Balaban J connectivity index is 1.69. The summed E-state index contributed by atoms with van der Waals surface area (Å²) in [6.45, 7) is 14.6. The number of likely N-dealkylation sites (tertiary alicyclic amines) is 1. The molecule has 8 atom stereocenters. The number of cyclic esters (lactones) is 1. The fraction of sp³-hybridized carbons (Fsp3) is 0.743. The molecular formula is C35H57N3O8. The van der Waals surface area contributed by atoms with E-state index in [1.807, 2.05) is 59.0 Å². The van der Waals surface area contributed by atoms with Gasteiger partial charge in [0.2, 0.25) is 0 Å². The highest BCUT2D eigenvalue weighted by atomic mass is 16.6. The first-order chi connectivity index (χ1) is 21.7. The largest absolute Gasteiger partial charge is 0.457 e. The van der Waals surface area contributed by atoms with E-state index >= 15 is 0 Å². The van der Waals surface area contributed by atoms with E-state index in [0.29, 0.717) is 32.5 Å². The standard InChI is InChI=1S/C35H57N3O8/c1-24-15-16-35(6,43)30(45-33(41)37-20-18-36(7)19-21-37)14-13-27(4)32(46-31(40)22-24)26(3)11-8-10-25(2)23-44-34(42)38-17-9-12-29(38)28(5)39/h8,10-11,13-14,24-25,27-30,32,39,43H,9,12,15-23H2,1-7H3/b10-8+,14-13+,26-11+/t24-,25-,27+,28?,29?,30+,32-,35-/m1/s1. The lowest BCUT2D eigenvalue weighted by atomic mass is 9.87. The normalized spacial score (nSPS) is 32.7. The molecule has 260 valence electrons. The minimum Gasteiger partial charge on any atom is -0.457 e. The summed E-state index contributed by atoms with van der Waals surface area (Å²) < 4.78 is 17.4. The van der Waals surface area contributed by atoms with E-state index < -0.39 is 36.1 Å². The Labute approximate surface area is 275 Å². The minimum absolute atomic E-state index is 0.0310. The molecule has 46 heavy (non-hydrogen) atoms. The van der Waals surface area contributed by atoms with E-state index in [9.17, 15) is 24.6 Å². The fourth-order valence-corrected chi connectivity index (χ4v) is 6.15. The lowest BCUT2D eigenvalue weighted by molar-refractivity contribution is -0.150. The number of aliphatic hydroxyl groups is 2. The molecule has 2 fully saturated rings. The molecular weight excluding hydrogens is 590 g/mol. The first-order valence-electron chi connectivity index (χ1n) is 16.9. The molecule has 2 unspecified atom stereocenters. The van der Waals surface area contributed by atoms with Crippen molar-refractivity contribution in [2.24, 2.45) is 17.8 Å². The molecule has 0 spiro atoms. The molecule has 0 aromatic carbocycles. The Morgan fingerprint density at radius 1 is 1.11 bits per heavy atom. The van der Waals surface area contributed by atoms with Gasteiger partial charge in [-0.15, -0.1) is 0 Å². The van der Waals surface area contributed by atoms with Crippen LogP contribution in [0.2, 0.25) is 0 Å². The molecule has 0 aromatic rings. The summed E-state index contributed by atoms with van der Waals surface area (Å²) in [6.07, 6.45) is 9.15. The van der Waals surface area contributed by atoms with Crippen molar-refractivity contribution in [3.63, 3.8) is 0 Å². The Morgan fingerprint density at radius 2 is 1.80 bits per heavy atom. The summed E-state index contributed by atoms with van der Waals surface area (Å²) in [7, 11) is 2.02. The summed E-state index contributed by atoms with van der Waals surface area (Å²) in [5.74, 6) is -0.665. The van der Waals surface area contributed by atoms with Crippen LogP contribution in [0.1, 0.15) is 73.6 Å². The predicted molar refractivity (Wildman–Crippen MR) is 176 cm³/mol. The monoisotopic (exact) mass is 647 g/mol. The summed E-state index contributed by atoms with van der Waals surface area (Å²) in [5, 5.41) is 21.4. The van der Waals surface area contributed by atoms with E-state index in [1.54, 1.807) is 29.7 Å². The van der Waals surface area contributed by atoms with Gasteiger partial charge in [-0.25, -0.2) is 9.59 Å². The summed E-state index contributed by atoms with van der Waals surface area (Å²) >= 11 is 0. The van der Waals surface area contributed by atoms with Gasteiger partial charge in [0.25, 0.3) is 0 Å². The average Bonchev–Trinajstić information content (AvgIpc) is 3.50. The maximum atomic E-state index is 13.1. The quantitative estimate of drug-likeness (QED) is 0.177. The van der Waals surface area contributed by atoms with Crippen LogP contribution in [0, 0.1) is 17.8 Å². The van der Waals surface area contributed by atoms with Gasteiger partial charge < -0.3 is 39.1 Å². The molecule has 0 aliphatic carbocycles. The number of carbonyl (C=O) groups excluding carboxylic acids is 3. The zero-order chi connectivity index (χ0) is 34.0. The molecule has 3 aliphatic rings. The third-order valence-corrected chi connectivity index (χ3v) is 9.39. The fourth-order valence-electron chi connectivity index (χ4n) is 6.15. The van der Waals surface area contributed by atoms with Crippen molar-refractivity contribution in [3.05, 3.63) is 36.0 Å². The zero-order valence-corrected chi connectivity index (χ0v) is 28.9. The van der Waals surface area contributed by atoms with Crippen molar-refractivity contribution < 1.29 is 38.8 Å². The van der Waals surface area contributed by atoms with Gasteiger partial charge in [0.1, 0.15) is 11.7 Å². The average molecular weight is 648 g/mol. The zero-order valence-electron chi connectivity index (χ0n) is 28.9. The molecule has 2 saturated heterocycles. The molecule has 3 aliphatic heterocycles. The van der Waals surface area contributed by atoms with Crippen LogP contribution < -0.4 is 0 Å². The van der Waals surface area contributed by atoms with Gasteiger partial charge in [0.05, 0.1) is 18.8 Å². The molecule has 0 aromatic heterocycles. The molecule has 0 bridgehead atoms. The second-order valence-electron chi connectivity index (χ2n) is 13.9. The van der Waals surface area contributed by atoms with Crippen molar-refractivity contribution in [1.82, 2.24) is 14.7 Å². The van der Waals surface area contributed by atoms with Crippen LogP contribution in [0.5, 0.6) is 0 Å². The van der Waals surface area contributed by atoms with Crippen LogP contribution in [0.3, 0.4) is 0 Å². The number of ether oxygens (including phenoxy) is 3. The highest BCUT2D eigenvalue weighted by Gasteiger charge is 2.37. The van der Waals surface area contributed by atoms with Gasteiger partial charge in [-0.1, -0.05) is 45.1 Å². The maximum absolute atomic E-state index is 13.1. The first-order valence-corrected chi connectivity index (χ1v) is 16.9. The Bertz CT molecular complexity index is 1110. The van der Waals surface area contributed by atoms with E-state index in [0.717, 1.165) is 31.5 Å². The summed E-state index contributed by atoms with van der Waals surface area (Å²) in [4.78, 5) is 44.0. The SMILES string of the molecule is C/C(=C\C=C\[C@@H](C)COC(=O)N1CCCC1C(C)O)[C@H]1OC(=O)C[C@H](C)CC[C@@](C)(O)[C@@H](OC(=O)N2CCN(C)CC2)/C=C/[C@@H]1C. The van der Waals surface area contributed by atoms with Crippen LogP contribution in [0.15, 0.2) is 36.0 Å². The number of amides is 2. The number of carbonyl (C=O) groups is 3. The second-order valence-corrected chi connectivity index (χ2v) is 13.9. The third kappa shape index (κ3) is 11.1. The Kier molecular flexibility index (Phi) is 14.1. The topological polar surface area (TPSA) is 129 Å². The molecule has 2 N–H and O–H groups in total. The van der Waals surface area contributed by atoms with E-state index in [2.05, 4.69) is 4.90 Å². The van der Waals surface area contributed by atoms with Gasteiger partial charge in [-0.3, -0.25) is 4.79 Å². The second kappa shape index (κ2) is 17.3. The molecule has 11 heteroatoms. The van der Waals surface area contributed by atoms with Crippen LogP contribution in [-0.4, -0.2) is 119 Å². The number of esters is 1. The van der Waals surface area contributed by atoms with Gasteiger partial charge in [0, 0.05) is 51.0 Å². The Morgan fingerprint density at radius 3 is 2.48 bits per heavy atom. The van der Waals surface area contributed by atoms with E-state index in [-0.39, 0.29) is 42.8 Å². The van der Waals surface area contributed by atoms with E-state index in [1.165, 1.54) is 0 Å². The number of hydrogen-bond acceptors (Lipinski definition) is 9.